The molecule has 4 aromatic rings. The summed E-state index contributed by atoms with van der Waals surface area (Å²) < 4.78 is 7.56. The molecule has 0 radical (unpaired) electrons. The molecule has 0 atom stereocenters. The normalized spacial score (nSPS) is 8.67. The first-order chi connectivity index (χ1) is 13.0. The number of imidazole rings is 4. The zero-order valence-electron chi connectivity index (χ0n) is 15.6. The number of rotatable bonds is 0. The van der Waals surface area contributed by atoms with E-state index in [-0.39, 0.29) is 15.1 Å². The molecule has 150 valence electrons. The molecule has 4 aromatic heterocycles. The van der Waals surface area contributed by atoms with Gasteiger partial charge in [0.1, 0.15) is 0 Å². The van der Waals surface area contributed by atoms with Crippen molar-refractivity contribution in [3.63, 3.8) is 0 Å². The van der Waals surface area contributed by atoms with Crippen molar-refractivity contribution in [3.05, 3.63) is 74.9 Å². The van der Waals surface area contributed by atoms with Crippen LogP contribution >= 0.6 is 19.4 Å². The maximum atomic E-state index is 4.83. The fourth-order valence-electron chi connectivity index (χ4n) is 1.30. The summed E-state index contributed by atoms with van der Waals surface area (Å²) in [4.78, 5) is 15.1. The van der Waals surface area contributed by atoms with Crippen LogP contribution in [0.5, 0.6) is 0 Å². The first kappa shape index (κ1) is 25.0. The van der Waals surface area contributed by atoms with E-state index in [4.69, 9.17) is 19.4 Å². The number of aromatic nitrogens is 8. The standard InChI is InChI=1S/4C4H6N2.2ClH.Rh/c4*1-6-3-2-5-4-6;;;/h4*2-4H,1H3;2*1H;/q;;;;;;+3/p-2. The Morgan fingerprint density at radius 3 is 0.741 bits per heavy atom. The molecule has 0 bridgehead atoms. The van der Waals surface area contributed by atoms with Crippen molar-refractivity contribution in [1.82, 2.24) is 38.2 Å². The molecule has 8 nitrogen and oxygen atoms in total. The quantitative estimate of drug-likeness (QED) is 0.347. The summed E-state index contributed by atoms with van der Waals surface area (Å²) in [5.74, 6) is 0. The molecule has 4 heterocycles. The monoisotopic (exact) mass is 501 g/mol. The molecule has 0 amide bonds. The van der Waals surface area contributed by atoms with Crippen molar-refractivity contribution in [2.45, 2.75) is 0 Å². The van der Waals surface area contributed by atoms with Gasteiger partial charge in [0.15, 0.2) is 0 Å². The summed E-state index contributed by atoms with van der Waals surface area (Å²) in [6.45, 7) is 0. The molecule has 0 saturated carbocycles. The van der Waals surface area contributed by atoms with E-state index in [0.717, 1.165) is 0 Å². The second-order valence-electron chi connectivity index (χ2n) is 4.96. The van der Waals surface area contributed by atoms with E-state index in [2.05, 4.69) is 19.9 Å². The molecule has 0 aromatic carbocycles. The molecule has 0 aliphatic rings. The Balaban J connectivity index is 0.000000319. The molecule has 27 heavy (non-hydrogen) atoms. The average Bonchev–Trinajstić information content (AvgIpc) is 3.41. The first-order valence-corrected chi connectivity index (χ1v) is 11.7. The number of halogens is 2. The molecule has 0 saturated heterocycles. The van der Waals surface area contributed by atoms with E-state index in [1.165, 1.54) is 0 Å². The van der Waals surface area contributed by atoms with Gasteiger partial charge in [0.25, 0.3) is 0 Å². The molecule has 0 spiro atoms. The van der Waals surface area contributed by atoms with Crippen molar-refractivity contribution in [1.29, 1.82) is 0 Å². The number of nitrogens with zero attached hydrogens (tertiary/aromatic N) is 8. The molecule has 0 unspecified atom stereocenters. The van der Waals surface area contributed by atoms with Gasteiger partial charge in [0, 0.05) is 77.8 Å². The van der Waals surface area contributed by atoms with Gasteiger partial charge in [-0.1, -0.05) is 0 Å². The Labute approximate surface area is 175 Å². The van der Waals surface area contributed by atoms with Crippen molar-refractivity contribution in [3.8, 4) is 0 Å². The number of aryl methyl sites for hydroxylation is 4. The van der Waals surface area contributed by atoms with Gasteiger partial charge in [0.05, 0.1) is 25.3 Å². The molecular formula is C16H24Cl2N8Rh+. The minimum absolute atomic E-state index is 0.226. The van der Waals surface area contributed by atoms with Crippen molar-refractivity contribution in [2.75, 3.05) is 0 Å². The Morgan fingerprint density at radius 2 is 0.704 bits per heavy atom. The van der Waals surface area contributed by atoms with Gasteiger partial charge in [-0.3, -0.25) is 0 Å². The minimum atomic E-state index is -0.226. The topological polar surface area (TPSA) is 71.3 Å². The summed E-state index contributed by atoms with van der Waals surface area (Å²) in [5.41, 5.74) is 0. The van der Waals surface area contributed by atoms with Gasteiger partial charge >= 0.3 is 34.5 Å². The fraction of sp³-hybridized carbons (Fsp3) is 0.250. The second kappa shape index (κ2) is 17.5. The molecule has 0 aliphatic carbocycles. The summed E-state index contributed by atoms with van der Waals surface area (Å²) in [6.07, 6.45) is 21.6. The summed E-state index contributed by atoms with van der Waals surface area (Å²) in [5, 5.41) is 0. The molecular weight excluding hydrogens is 478 g/mol. The molecule has 4 rings (SSSR count). The summed E-state index contributed by atoms with van der Waals surface area (Å²) in [6, 6.07) is 0. The predicted octanol–water partition coefficient (Wildman–Crippen LogP) is 3.06. The van der Waals surface area contributed by atoms with Crippen molar-refractivity contribution in [2.24, 2.45) is 28.2 Å². The average molecular weight is 502 g/mol. The van der Waals surface area contributed by atoms with Crippen LogP contribution in [0.3, 0.4) is 0 Å². The fourth-order valence-corrected chi connectivity index (χ4v) is 1.30. The van der Waals surface area contributed by atoms with Crippen LogP contribution in [0.4, 0.5) is 0 Å². The van der Waals surface area contributed by atoms with Crippen LogP contribution in [-0.2, 0) is 43.3 Å². The molecule has 11 heteroatoms. The number of hydrogen-bond acceptors (Lipinski definition) is 4. The van der Waals surface area contributed by atoms with Gasteiger partial charge in [-0.25, -0.2) is 19.9 Å². The summed E-state index contributed by atoms with van der Waals surface area (Å²) in [7, 11) is 17.4. The molecule has 0 N–H and O–H groups in total. The third kappa shape index (κ3) is 17.2. The zero-order valence-corrected chi connectivity index (χ0v) is 18.7. The van der Waals surface area contributed by atoms with Crippen molar-refractivity contribution >= 4 is 19.4 Å². The van der Waals surface area contributed by atoms with Crippen LogP contribution in [0, 0.1) is 0 Å². The van der Waals surface area contributed by atoms with E-state index < -0.39 is 0 Å². The van der Waals surface area contributed by atoms with E-state index in [1.54, 1.807) is 50.1 Å². The SMILES string of the molecule is Cn1ccnc1.Cn1ccnc1.Cn1ccnc1.Cn1ccnc1.[Cl][Rh+][Cl]. The van der Waals surface area contributed by atoms with Gasteiger partial charge in [0.2, 0.25) is 0 Å². The third-order valence-corrected chi connectivity index (χ3v) is 2.55. The van der Waals surface area contributed by atoms with Crippen LogP contribution in [0.2, 0.25) is 0 Å². The van der Waals surface area contributed by atoms with Crippen LogP contribution in [-0.4, -0.2) is 38.2 Å². The van der Waals surface area contributed by atoms with E-state index in [9.17, 15) is 0 Å². The van der Waals surface area contributed by atoms with Crippen LogP contribution < -0.4 is 0 Å². The van der Waals surface area contributed by atoms with Crippen LogP contribution in [0.15, 0.2) is 74.9 Å². The first-order valence-electron chi connectivity index (χ1n) is 7.51. The molecule has 0 fully saturated rings. The predicted molar refractivity (Wildman–Crippen MR) is 105 cm³/mol. The third-order valence-electron chi connectivity index (χ3n) is 2.55. The van der Waals surface area contributed by atoms with Crippen LogP contribution in [0.1, 0.15) is 0 Å². The second-order valence-corrected chi connectivity index (χ2v) is 7.45. The maximum absolute atomic E-state index is 4.83. The summed E-state index contributed by atoms with van der Waals surface area (Å²) >= 11 is -0.226. The van der Waals surface area contributed by atoms with Crippen molar-refractivity contribution < 1.29 is 15.1 Å². The van der Waals surface area contributed by atoms with Gasteiger partial charge in [-0.05, 0) is 0 Å². The number of hydrogen-bond donors (Lipinski definition) is 0. The van der Waals surface area contributed by atoms with Crippen LogP contribution in [0.25, 0.3) is 0 Å². The Kier molecular flexibility index (Phi) is 16.2. The Bertz CT molecular complexity index is 597. The Hall–Kier alpha value is -1.96. The van der Waals surface area contributed by atoms with E-state index >= 15 is 0 Å². The van der Waals surface area contributed by atoms with Gasteiger partial charge < -0.3 is 18.3 Å². The van der Waals surface area contributed by atoms with Gasteiger partial charge in [-0.15, -0.1) is 0 Å². The zero-order chi connectivity index (χ0) is 20.3. The Morgan fingerprint density at radius 1 is 0.519 bits per heavy atom. The van der Waals surface area contributed by atoms with E-state index in [1.807, 2.05) is 71.2 Å². The molecule has 0 aliphatic heterocycles. The van der Waals surface area contributed by atoms with Gasteiger partial charge in [-0.2, -0.15) is 0 Å². The van der Waals surface area contributed by atoms with E-state index in [0.29, 0.717) is 0 Å².